The third-order valence-corrected chi connectivity index (χ3v) is 2.64. The molecular weight excluding hydrogens is 252 g/mol. The van der Waals surface area contributed by atoms with Gasteiger partial charge in [-0.15, -0.1) is 0 Å². The summed E-state index contributed by atoms with van der Waals surface area (Å²) < 4.78 is 5.16. The zero-order valence-corrected chi connectivity index (χ0v) is 11.5. The van der Waals surface area contributed by atoms with Crippen LogP contribution in [-0.2, 0) is 4.79 Å². The molecule has 0 heterocycles. The molecule has 0 spiro atoms. The van der Waals surface area contributed by atoms with E-state index >= 15 is 0 Å². The molecular formula is C16H16N2O2. The second kappa shape index (κ2) is 6.52. The van der Waals surface area contributed by atoms with Crippen LogP contribution in [0.15, 0.2) is 53.5 Å². The number of ether oxygens (including phenoxy) is 1. The van der Waals surface area contributed by atoms with Gasteiger partial charge in [-0.1, -0.05) is 12.1 Å². The molecule has 20 heavy (non-hydrogen) atoms. The smallest absolute Gasteiger partial charge is 0.221 e. The Hall–Kier alpha value is -2.62. The average molecular weight is 268 g/mol. The Kier molecular flexibility index (Phi) is 4.50. The standard InChI is InChI=1S/C16H16N2O2/c1-12(19)18-15-8-6-14(7-9-15)17-11-13-4-3-5-16(10-13)20-2/h3-11H,1-2H3,(H,18,19). The zero-order valence-electron chi connectivity index (χ0n) is 11.5. The van der Waals surface area contributed by atoms with Crippen molar-refractivity contribution in [1.82, 2.24) is 0 Å². The van der Waals surface area contributed by atoms with E-state index in [-0.39, 0.29) is 5.91 Å². The summed E-state index contributed by atoms with van der Waals surface area (Å²) in [6.07, 6.45) is 1.77. The highest BCUT2D eigenvalue weighted by atomic mass is 16.5. The van der Waals surface area contributed by atoms with E-state index in [9.17, 15) is 4.79 Å². The lowest BCUT2D eigenvalue weighted by molar-refractivity contribution is -0.114. The maximum atomic E-state index is 10.9. The first-order valence-electron chi connectivity index (χ1n) is 6.23. The van der Waals surface area contributed by atoms with Crippen LogP contribution in [0.5, 0.6) is 5.75 Å². The first-order chi connectivity index (χ1) is 9.67. The Labute approximate surface area is 118 Å². The Morgan fingerprint density at radius 2 is 1.95 bits per heavy atom. The number of hydrogen-bond donors (Lipinski definition) is 1. The minimum absolute atomic E-state index is 0.0855. The van der Waals surface area contributed by atoms with Crippen molar-refractivity contribution in [2.24, 2.45) is 4.99 Å². The minimum atomic E-state index is -0.0855. The number of nitrogens with zero attached hydrogens (tertiary/aromatic N) is 1. The van der Waals surface area contributed by atoms with Crippen LogP contribution in [0.25, 0.3) is 0 Å². The van der Waals surface area contributed by atoms with Crippen LogP contribution in [-0.4, -0.2) is 19.2 Å². The predicted molar refractivity (Wildman–Crippen MR) is 81.0 cm³/mol. The summed E-state index contributed by atoms with van der Waals surface area (Å²) in [5.74, 6) is 0.715. The van der Waals surface area contributed by atoms with Gasteiger partial charge in [-0.2, -0.15) is 0 Å². The lowest BCUT2D eigenvalue weighted by Gasteiger charge is -2.02. The molecule has 2 aromatic rings. The third-order valence-electron chi connectivity index (χ3n) is 2.64. The van der Waals surface area contributed by atoms with Gasteiger partial charge in [0.05, 0.1) is 12.8 Å². The zero-order chi connectivity index (χ0) is 14.4. The summed E-state index contributed by atoms with van der Waals surface area (Å²) in [5, 5.41) is 2.71. The molecule has 0 aromatic heterocycles. The van der Waals surface area contributed by atoms with Gasteiger partial charge < -0.3 is 10.1 Å². The van der Waals surface area contributed by atoms with Gasteiger partial charge in [0.1, 0.15) is 5.75 Å². The first-order valence-corrected chi connectivity index (χ1v) is 6.23. The molecule has 0 aliphatic carbocycles. The van der Waals surface area contributed by atoms with Crippen molar-refractivity contribution in [2.75, 3.05) is 12.4 Å². The number of amides is 1. The fourth-order valence-electron chi connectivity index (χ4n) is 1.70. The summed E-state index contributed by atoms with van der Waals surface area (Å²) in [6, 6.07) is 15.0. The van der Waals surface area contributed by atoms with Crippen LogP contribution in [0.3, 0.4) is 0 Å². The normalized spacial score (nSPS) is 10.5. The molecule has 0 bridgehead atoms. The van der Waals surface area contributed by atoms with Crippen LogP contribution in [0.2, 0.25) is 0 Å². The van der Waals surface area contributed by atoms with E-state index in [1.54, 1.807) is 13.3 Å². The van der Waals surface area contributed by atoms with E-state index in [4.69, 9.17) is 4.74 Å². The fraction of sp³-hybridized carbons (Fsp3) is 0.125. The number of methoxy groups -OCH3 is 1. The molecule has 0 radical (unpaired) electrons. The quantitative estimate of drug-likeness (QED) is 0.864. The third kappa shape index (κ3) is 3.95. The van der Waals surface area contributed by atoms with Crippen molar-refractivity contribution >= 4 is 23.5 Å². The van der Waals surface area contributed by atoms with Crippen LogP contribution in [0.1, 0.15) is 12.5 Å². The molecule has 2 aromatic carbocycles. The molecule has 0 aliphatic rings. The maximum absolute atomic E-state index is 10.9. The van der Waals surface area contributed by atoms with Crippen molar-refractivity contribution in [2.45, 2.75) is 6.92 Å². The van der Waals surface area contributed by atoms with E-state index in [1.807, 2.05) is 48.5 Å². The van der Waals surface area contributed by atoms with Gasteiger partial charge in [0, 0.05) is 18.8 Å². The molecule has 102 valence electrons. The molecule has 0 aliphatic heterocycles. The van der Waals surface area contributed by atoms with Crippen LogP contribution in [0, 0.1) is 0 Å². The van der Waals surface area contributed by atoms with Gasteiger partial charge in [0.25, 0.3) is 0 Å². The van der Waals surface area contributed by atoms with Crippen molar-refractivity contribution in [3.05, 3.63) is 54.1 Å². The van der Waals surface area contributed by atoms with E-state index < -0.39 is 0 Å². The number of anilines is 1. The molecule has 0 fully saturated rings. The molecule has 2 rings (SSSR count). The molecule has 0 atom stereocenters. The first kappa shape index (κ1) is 13.8. The van der Waals surface area contributed by atoms with Gasteiger partial charge in [-0.3, -0.25) is 9.79 Å². The molecule has 1 amide bonds. The lowest BCUT2D eigenvalue weighted by atomic mass is 10.2. The molecule has 0 saturated carbocycles. The molecule has 1 N–H and O–H groups in total. The lowest BCUT2D eigenvalue weighted by Crippen LogP contribution is -2.04. The van der Waals surface area contributed by atoms with Crippen LogP contribution >= 0.6 is 0 Å². The number of aliphatic imine (C=N–C) groups is 1. The Balaban J connectivity index is 2.08. The van der Waals surface area contributed by atoms with E-state index in [1.165, 1.54) is 6.92 Å². The fourth-order valence-corrected chi connectivity index (χ4v) is 1.70. The van der Waals surface area contributed by atoms with E-state index in [0.717, 1.165) is 22.7 Å². The monoisotopic (exact) mass is 268 g/mol. The number of benzene rings is 2. The Morgan fingerprint density at radius 1 is 1.20 bits per heavy atom. The van der Waals surface area contributed by atoms with Crippen LogP contribution < -0.4 is 10.1 Å². The highest BCUT2D eigenvalue weighted by molar-refractivity contribution is 5.89. The van der Waals surface area contributed by atoms with Crippen molar-refractivity contribution in [3.8, 4) is 5.75 Å². The number of carbonyl (C=O) groups is 1. The topological polar surface area (TPSA) is 50.7 Å². The Bertz CT molecular complexity index is 619. The highest BCUT2D eigenvalue weighted by Gasteiger charge is 1.96. The average Bonchev–Trinajstić information content (AvgIpc) is 2.46. The Morgan fingerprint density at radius 3 is 2.60 bits per heavy atom. The molecule has 4 heteroatoms. The summed E-state index contributed by atoms with van der Waals surface area (Å²) in [4.78, 5) is 15.3. The summed E-state index contributed by atoms with van der Waals surface area (Å²) in [6.45, 7) is 1.48. The van der Waals surface area contributed by atoms with E-state index in [0.29, 0.717) is 0 Å². The molecule has 4 nitrogen and oxygen atoms in total. The second-order valence-corrected chi connectivity index (χ2v) is 4.26. The molecule has 0 saturated heterocycles. The largest absolute Gasteiger partial charge is 0.497 e. The van der Waals surface area contributed by atoms with Gasteiger partial charge in [-0.05, 0) is 42.0 Å². The van der Waals surface area contributed by atoms with Gasteiger partial charge in [0.2, 0.25) is 5.91 Å². The summed E-state index contributed by atoms with van der Waals surface area (Å²) >= 11 is 0. The number of hydrogen-bond acceptors (Lipinski definition) is 3. The van der Waals surface area contributed by atoms with Crippen molar-refractivity contribution in [3.63, 3.8) is 0 Å². The van der Waals surface area contributed by atoms with E-state index in [2.05, 4.69) is 10.3 Å². The summed E-state index contributed by atoms with van der Waals surface area (Å²) in [7, 11) is 1.64. The SMILES string of the molecule is COc1cccc(C=Nc2ccc(NC(C)=O)cc2)c1. The van der Waals surface area contributed by atoms with Crippen molar-refractivity contribution < 1.29 is 9.53 Å². The number of carbonyl (C=O) groups excluding carboxylic acids is 1. The second-order valence-electron chi connectivity index (χ2n) is 4.26. The highest BCUT2D eigenvalue weighted by Crippen LogP contribution is 2.17. The summed E-state index contributed by atoms with van der Waals surface area (Å²) in [5.41, 5.74) is 2.55. The number of nitrogens with one attached hydrogen (secondary N) is 1. The van der Waals surface area contributed by atoms with Gasteiger partial charge >= 0.3 is 0 Å². The predicted octanol–water partition coefficient (Wildman–Crippen LogP) is 3.40. The maximum Gasteiger partial charge on any atom is 0.221 e. The van der Waals surface area contributed by atoms with Crippen LogP contribution in [0.4, 0.5) is 11.4 Å². The van der Waals surface area contributed by atoms with Gasteiger partial charge in [-0.25, -0.2) is 0 Å². The van der Waals surface area contributed by atoms with Gasteiger partial charge in [0.15, 0.2) is 0 Å². The molecule has 0 unspecified atom stereocenters. The van der Waals surface area contributed by atoms with Crippen molar-refractivity contribution in [1.29, 1.82) is 0 Å². The number of rotatable bonds is 4. The minimum Gasteiger partial charge on any atom is -0.497 e.